The van der Waals surface area contributed by atoms with Crippen LogP contribution in [0, 0.1) is 17.7 Å². The van der Waals surface area contributed by atoms with Crippen LogP contribution in [0.2, 0.25) is 0 Å². The molecule has 8 rings (SSSR count). The molecule has 3 aliphatic heterocycles. The summed E-state index contributed by atoms with van der Waals surface area (Å²) in [6.45, 7) is 5.60. The fraction of sp³-hybridized carbons (Fsp3) is 0.500. The van der Waals surface area contributed by atoms with Crippen molar-refractivity contribution in [1.82, 2.24) is 14.9 Å². The van der Waals surface area contributed by atoms with Crippen molar-refractivity contribution < 1.29 is 18.6 Å². The van der Waals surface area contributed by atoms with Crippen LogP contribution >= 0.6 is 11.8 Å². The minimum atomic E-state index is -0.826. The molecule has 4 heterocycles. The number of ether oxygens (including phenoxy) is 1. The first-order chi connectivity index (χ1) is 21.9. The molecule has 9 heteroatoms. The zero-order chi connectivity index (χ0) is 30.9. The molecule has 3 aromatic carbocycles. The van der Waals surface area contributed by atoms with Crippen molar-refractivity contribution in [3.63, 3.8) is 0 Å². The number of nitrogens with zero attached hydrogens (tertiary/aromatic N) is 4. The van der Waals surface area contributed by atoms with E-state index in [9.17, 15) is 13.9 Å². The minimum Gasteiger partial charge on any atom is -0.508 e. The van der Waals surface area contributed by atoms with E-state index < -0.39 is 6.17 Å². The lowest BCUT2D eigenvalue weighted by atomic mass is 9.92. The highest BCUT2D eigenvalue weighted by Crippen LogP contribution is 2.46. The van der Waals surface area contributed by atoms with Crippen LogP contribution in [0.3, 0.4) is 0 Å². The normalized spacial score (nSPS) is 28.0. The molecule has 1 aromatic heterocycles. The number of phenols is 1. The van der Waals surface area contributed by atoms with Gasteiger partial charge in [-0.2, -0.15) is 21.7 Å². The Kier molecular flexibility index (Phi) is 7.32. The van der Waals surface area contributed by atoms with E-state index in [4.69, 9.17) is 14.7 Å². The highest BCUT2D eigenvalue weighted by molar-refractivity contribution is 7.99. The number of rotatable bonds is 7. The van der Waals surface area contributed by atoms with Gasteiger partial charge in [0.15, 0.2) is 0 Å². The van der Waals surface area contributed by atoms with Crippen molar-refractivity contribution in [2.45, 2.75) is 62.4 Å². The van der Waals surface area contributed by atoms with Crippen LogP contribution in [-0.4, -0.2) is 76.0 Å². The van der Waals surface area contributed by atoms with E-state index in [1.165, 1.54) is 18.9 Å². The average molecular weight is 631 g/mol. The summed E-state index contributed by atoms with van der Waals surface area (Å²) in [6, 6.07) is 13.0. The molecule has 4 aliphatic rings. The van der Waals surface area contributed by atoms with Crippen molar-refractivity contribution in [2.75, 3.05) is 43.9 Å². The van der Waals surface area contributed by atoms with Crippen LogP contribution in [0.5, 0.6) is 11.8 Å². The van der Waals surface area contributed by atoms with Crippen LogP contribution in [0.25, 0.3) is 32.8 Å². The van der Waals surface area contributed by atoms with Crippen molar-refractivity contribution in [3.8, 4) is 22.9 Å². The maximum absolute atomic E-state index is 15.0. The van der Waals surface area contributed by atoms with Gasteiger partial charge in [0.1, 0.15) is 30.2 Å². The summed E-state index contributed by atoms with van der Waals surface area (Å²) in [4.78, 5) is 14.7. The molecule has 0 spiro atoms. The zero-order valence-electron chi connectivity index (χ0n) is 25.9. The molecule has 0 radical (unpaired) electrons. The van der Waals surface area contributed by atoms with Crippen molar-refractivity contribution in [3.05, 3.63) is 53.8 Å². The van der Waals surface area contributed by atoms with Crippen LogP contribution < -0.4 is 9.64 Å². The van der Waals surface area contributed by atoms with Gasteiger partial charge >= 0.3 is 6.01 Å². The average Bonchev–Trinajstić information content (AvgIpc) is 3.65. The third-order valence-electron chi connectivity index (χ3n) is 11.0. The van der Waals surface area contributed by atoms with Gasteiger partial charge < -0.3 is 14.7 Å². The summed E-state index contributed by atoms with van der Waals surface area (Å²) >= 11 is 2.00. The van der Waals surface area contributed by atoms with Crippen LogP contribution in [0.1, 0.15) is 44.6 Å². The number of aromatic hydroxyl groups is 1. The molecule has 4 atom stereocenters. The maximum Gasteiger partial charge on any atom is 0.319 e. The predicted octanol–water partition coefficient (Wildman–Crippen LogP) is 7.39. The van der Waals surface area contributed by atoms with E-state index in [-0.39, 0.29) is 17.1 Å². The van der Waals surface area contributed by atoms with E-state index >= 15 is 0 Å². The van der Waals surface area contributed by atoms with Crippen LogP contribution in [-0.2, 0) is 6.42 Å². The molecule has 0 amide bonds. The zero-order valence-corrected chi connectivity index (χ0v) is 26.8. The Bertz CT molecular complexity index is 1770. The number of fused-ring (bicyclic) bond motifs is 5. The Hall–Kier alpha value is -3.17. The molecular formula is C36H40F2N4O2S. The highest BCUT2D eigenvalue weighted by Gasteiger charge is 2.49. The van der Waals surface area contributed by atoms with Gasteiger partial charge in [-0.1, -0.05) is 19.1 Å². The molecule has 236 valence electrons. The van der Waals surface area contributed by atoms with Gasteiger partial charge in [-0.3, -0.25) is 4.90 Å². The Morgan fingerprint density at radius 3 is 2.67 bits per heavy atom. The van der Waals surface area contributed by atoms with Gasteiger partial charge in [0.2, 0.25) is 0 Å². The van der Waals surface area contributed by atoms with Gasteiger partial charge in [-0.25, -0.2) is 8.78 Å². The van der Waals surface area contributed by atoms with E-state index in [0.29, 0.717) is 54.7 Å². The summed E-state index contributed by atoms with van der Waals surface area (Å²) in [7, 11) is 0. The van der Waals surface area contributed by atoms with Crippen LogP contribution in [0.15, 0.2) is 42.5 Å². The van der Waals surface area contributed by atoms with E-state index in [1.54, 1.807) is 18.2 Å². The molecule has 4 fully saturated rings. The van der Waals surface area contributed by atoms with E-state index in [1.807, 2.05) is 30.8 Å². The van der Waals surface area contributed by atoms with Gasteiger partial charge in [0.05, 0.1) is 11.1 Å². The number of benzene rings is 3. The van der Waals surface area contributed by atoms with Crippen LogP contribution in [0.4, 0.5) is 14.6 Å². The number of alkyl halides is 1. The van der Waals surface area contributed by atoms with Gasteiger partial charge in [0, 0.05) is 36.7 Å². The number of phenolic OH excluding ortho intramolecular Hbond substituents is 1. The second-order valence-electron chi connectivity index (χ2n) is 13.6. The molecule has 6 nitrogen and oxygen atoms in total. The molecule has 2 bridgehead atoms. The van der Waals surface area contributed by atoms with Gasteiger partial charge in [-0.05, 0) is 115 Å². The summed E-state index contributed by atoms with van der Waals surface area (Å²) < 4.78 is 35.9. The summed E-state index contributed by atoms with van der Waals surface area (Å²) in [5.41, 5.74) is 2.69. The number of aromatic nitrogens is 2. The first-order valence-electron chi connectivity index (χ1n) is 16.4. The smallest absolute Gasteiger partial charge is 0.319 e. The quantitative estimate of drug-likeness (QED) is 0.229. The first kappa shape index (κ1) is 29.2. The molecule has 1 N–H and O–H groups in total. The molecule has 1 saturated carbocycles. The Morgan fingerprint density at radius 2 is 1.89 bits per heavy atom. The predicted molar refractivity (Wildman–Crippen MR) is 178 cm³/mol. The topological polar surface area (TPSA) is 61.7 Å². The summed E-state index contributed by atoms with van der Waals surface area (Å²) in [5, 5.41) is 13.9. The third-order valence-corrected chi connectivity index (χ3v) is 12.3. The minimum absolute atomic E-state index is 0.133. The number of halogens is 2. The summed E-state index contributed by atoms with van der Waals surface area (Å²) in [6.07, 6.45) is 6.89. The number of anilines is 1. The number of hydrogen-bond acceptors (Lipinski definition) is 7. The molecule has 45 heavy (non-hydrogen) atoms. The number of piperidine rings is 1. The van der Waals surface area contributed by atoms with Crippen molar-refractivity contribution in [1.29, 1.82) is 0 Å². The number of hydrogen-bond donors (Lipinski definition) is 1. The molecule has 2 unspecified atom stereocenters. The standard InChI is InChI=1S/C36H40F2N4O2S/c1-3-27-30(38)10-8-22-13-26(43)15-29(32(22)27)21-7-9-28-31(14-21)39-35(44-20-36-11-4-12-42(36)19-25(37)16-36)40-34(28)41-17-23-5-6-24(18-41)33(23)45-2/h7-10,13-15,23-25,33,43H,3-6,11-12,16-20H2,1-2H3/t23?,24?,25-,33?,36+/m1/s1. The molecule has 4 aromatic rings. The lowest BCUT2D eigenvalue weighted by molar-refractivity contribution is 0.107. The number of thioether (sulfide) groups is 1. The largest absolute Gasteiger partial charge is 0.508 e. The van der Waals surface area contributed by atoms with Crippen molar-refractivity contribution in [2.24, 2.45) is 11.8 Å². The Morgan fingerprint density at radius 1 is 1.07 bits per heavy atom. The molecular weight excluding hydrogens is 590 g/mol. The highest BCUT2D eigenvalue weighted by atomic mass is 32.2. The number of aryl methyl sites for hydroxylation is 1. The molecule has 3 saturated heterocycles. The Balaban J connectivity index is 1.23. The fourth-order valence-corrected chi connectivity index (χ4v) is 10.2. The monoisotopic (exact) mass is 630 g/mol. The second kappa shape index (κ2) is 11.3. The lowest BCUT2D eigenvalue weighted by Gasteiger charge is -2.38. The SMILES string of the molecule is CCc1c(F)ccc2cc(O)cc(-c3ccc4c(N5CC6CCC(C5)C6SC)nc(OC[C@@]56CCCN5C[C@H](F)C6)nc4c3)c12. The summed E-state index contributed by atoms with van der Waals surface area (Å²) in [5.74, 6) is 2.02. The Labute approximate surface area is 267 Å². The lowest BCUT2D eigenvalue weighted by Crippen LogP contribution is -2.44. The molecule has 1 aliphatic carbocycles. The van der Waals surface area contributed by atoms with Gasteiger partial charge in [-0.15, -0.1) is 0 Å². The second-order valence-corrected chi connectivity index (χ2v) is 14.6. The van der Waals surface area contributed by atoms with E-state index in [2.05, 4.69) is 22.1 Å². The third kappa shape index (κ3) is 4.92. The fourth-order valence-electron chi connectivity index (χ4n) is 9.02. The maximum atomic E-state index is 15.0. The van der Waals surface area contributed by atoms with Gasteiger partial charge in [0.25, 0.3) is 0 Å². The van der Waals surface area contributed by atoms with E-state index in [0.717, 1.165) is 71.1 Å². The first-order valence-corrected chi connectivity index (χ1v) is 17.7. The van der Waals surface area contributed by atoms with Crippen molar-refractivity contribution >= 4 is 39.3 Å².